The number of hydrogen-bond donors (Lipinski definition) is 0. The van der Waals surface area contributed by atoms with E-state index in [0.717, 1.165) is 109 Å². The largest absolute Gasteiger partial charge is 0.462 e. The molecule has 0 amide bonds. The van der Waals surface area contributed by atoms with Gasteiger partial charge in [0.05, 0.1) is 0 Å². The molecule has 0 aromatic heterocycles. The fourth-order valence-corrected chi connectivity index (χ4v) is 9.77. The van der Waals surface area contributed by atoms with Crippen LogP contribution in [0.25, 0.3) is 0 Å². The molecule has 0 saturated carbocycles. The lowest BCUT2D eigenvalue weighted by Gasteiger charge is -2.18. The number of allylic oxidation sites excluding steroid dienone is 18. The summed E-state index contributed by atoms with van der Waals surface area (Å²) in [6, 6.07) is 0. The van der Waals surface area contributed by atoms with Gasteiger partial charge < -0.3 is 14.2 Å². The zero-order valence-electron chi connectivity index (χ0n) is 54.0. The van der Waals surface area contributed by atoms with Gasteiger partial charge in [-0.1, -0.05) is 297 Å². The van der Waals surface area contributed by atoms with Crippen LogP contribution >= 0.6 is 0 Å². The van der Waals surface area contributed by atoms with Crippen LogP contribution in [0.2, 0.25) is 0 Å². The van der Waals surface area contributed by atoms with Crippen molar-refractivity contribution < 1.29 is 28.6 Å². The van der Waals surface area contributed by atoms with Crippen molar-refractivity contribution in [1.29, 1.82) is 0 Å². The molecule has 0 aliphatic rings. The third-order valence-electron chi connectivity index (χ3n) is 15.0. The lowest BCUT2D eigenvalue weighted by atomic mass is 10.0. The molecule has 1 unspecified atom stereocenters. The molecule has 0 saturated heterocycles. The molecule has 0 aliphatic carbocycles. The van der Waals surface area contributed by atoms with Crippen LogP contribution in [0.3, 0.4) is 0 Å². The standard InChI is InChI=1S/C76H130O6/c1-4-7-10-13-16-19-22-25-28-30-32-33-34-35-36-37-38-39-40-41-42-43-45-46-48-51-54-57-60-63-66-69-75(78)81-72-73(71-80-74(77)68-65-62-59-56-53-50-27-24-21-18-15-12-9-6-3)82-76(79)70-67-64-61-58-55-52-49-47-44-31-29-26-23-20-17-14-11-8-5-2/h7,10,16-17,19-20,24-29,32-33,35-36,38-39,73H,4-6,8-9,11-15,18,21-23,30-31,34,37,40-72H2,1-3H3/b10-7-,19-16-,20-17-,27-24-,28-25-,29-26-,33-32-,36-35-,39-38-. The van der Waals surface area contributed by atoms with E-state index in [1.165, 1.54) is 186 Å². The molecule has 6 heteroatoms. The lowest BCUT2D eigenvalue weighted by Crippen LogP contribution is -2.30. The number of ether oxygens (including phenoxy) is 3. The summed E-state index contributed by atoms with van der Waals surface area (Å²) in [5, 5.41) is 0. The maximum atomic E-state index is 12.9. The van der Waals surface area contributed by atoms with Gasteiger partial charge in [-0.05, 0) is 128 Å². The van der Waals surface area contributed by atoms with Crippen molar-refractivity contribution in [2.24, 2.45) is 0 Å². The van der Waals surface area contributed by atoms with Crippen LogP contribution < -0.4 is 0 Å². The number of carbonyl (C=O) groups is 3. The van der Waals surface area contributed by atoms with Crippen molar-refractivity contribution in [2.45, 2.75) is 341 Å². The average molecular weight is 1140 g/mol. The Balaban J connectivity index is 4.28. The van der Waals surface area contributed by atoms with E-state index in [4.69, 9.17) is 14.2 Å². The lowest BCUT2D eigenvalue weighted by molar-refractivity contribution is -0.167. The summed E-state index contributed by atoms with van der Waals surface area (Å²) >= 11 is 0. The predicted octanol–water partition coefficient (Wildman–Crippen LogP) is 24.2. The summed E-state index contributed by atoms with van der Waals surface area (Å²) in [6.07, 6.45) is 95.3. The van der Waals surface area contributed by atoms with Crippen molar-refractivity contribution in [1.82, 2.24) is 0 Å². The van der Waals surface area contributed by atoms with Crippen LogP contribution in [0, 0.1) is 0 Å². The van der Waals surface area contributed by atoms with Gasteiger partial charge in [0.1, 0.15) is 13.2 Å². The van der Waals surface area contributed by atoms with E-state index >= 15 is 0 Å². The van der Waals surface area contributed by atoms with Gasteiger partial charge in [-0.2, -0.15) is 0 Å². The molecule has 6 nitrogen and oxygen atoms in total. The van der Waals surface area contributed by atoms with Crippen LogP contribution in [0.1, 0.15) is 335 Å². The SMILES string of the molecule is CC/C=C\C/C=C\C/C=C\C/C=C\C/C=C\C/C=C\CCCCCCCCCCCCCCC(=O)OCC(COC(=O)CCCCCCC/C=C\CCCCCCC)OC(=O)CCCCCCCCCCC/C=C\C/C=C\CCCCC. The van der Waals surface area contributed by atoms with E-state index in [2.05, 4.69) is 130 Å². The molecule has 0 rings (SSSR count). The molecule has 470 valence electrons. The second kappa shape index (κ2) is 69.6. The number of esters is 3. The van der Waals surface area contributed by atoms with Gasteiger partial charge in [0.2, 0.25) is 0 Å². The summed E-state index contributed by atoms with van der Waals surface area (Å²) in [6.45, 7) is 6.51. The molecule has 1 atom stereocenters. The Kier molecular flexibility index (Phi) is 66.2. The van der Waals surface area contributed by atoms with E-state index in [-0.39, 0.29) is 31.1 Å². The zero-order chi connectivity index (χ0) is 59.2. The second-order valence-corrected chi connectivity index (χ2v) is 23.1. The first-order valence-corrected chi connectivity index (χ1v) is 34.9. The van der Waals surface area contributed by atoms with Gasteiger partial charge >= 0.3 is 17.9 Å². The fraction of sp³-hybridized carbons (Fsp3) is 0.724. The van der Waals surface area contributed by atoms with E-state index < -0.39 is 6.10 Å². The second-order valence-electron chi connectivity index (χ2n) is 23.1. The number of rotatable bonds is 63. The summed E-state index contributed by atoms with van der Waals surface area (Å²) in [5.74, 6) is -0.884. The van der Waals surface area contributed by atoms with Crippen molar-refractivity contribution in [3.05, 3.63) is 109 Å². The molecule has 0 aromatic carbocycles. The van der Waals surface area contributed by atoms with E-state index in [1.807, 2.05) is 0 Å². The van der Waals surface area contributed by atoms with Crippen molar-refractivity contribution in [2.75, 3.05) is 13.2 Å². The van der Waals surface area contributed by atoms with Crippen LogP contribution in [0.15, 0.2) is 109 Å². The van der Waals surface area contributed by atoms with Crippen LogP contribution in [-0.2, 0) is 28.6 Å². The summed E-state index contributed by atoms with van der Waals surface area (Å²) in [5.41, 5.74) is 0. The fourth-order valence-electron chi connectivity index (χ4n) is 9.77. The van der Waals surface area contributed by atoms with Crippen LogP contribution in [0.4, 0.5) is 0 Å². The Morgan fingerprint density at radius 1 is 0.256 bits per heavy atom. The quantitative estimate of drug-likeness (QED) is 0.0261. The normalized spacial score (nSPS) is 12.8. The topological polar surface area (TPSA) is 78.9 Å². The molecule has 0 radical (unpaired) electrons. The van der Waals surface area contributed by atoms with Gasteiger partial charge in [0, 0.05) is 19.3 Å². The minimum absolute atomic E-state index is 0.0819. The number of hydrogen-bond acceptors (Lipinski definition) is 6. The summed E-state index contributed by atoms with van der Waals surface area (Å²) in [4.78, 5) is 38.4. The van der Waals surface area contributed by atoms with Crippen molar-refractivity contribution in [3.63, 3.8) is 0 Å². The van der Waals surface area contributed by atoms with Gasteiger partial charge in [0.15, 0.2) is 6.10 Å². The highest BCUT2D eigenvalue weighted by Gasteiger charge is 2.19. The van der Waals surface area contributed by atoms with E-state index in [9.17, 15) is 14.4 Å². The maximum Gasteiger partial charge on any atom is 0.306 e. The Morgan fingerprint density at radius 3 is 0.780 bits per heavy atom. The van der Waals surface area contributed by atoms with Gasteiger partial charge in [0.25, 0.3) is 0 Å². The van der Waals surface area contributed by atoms with Gasteiger partial charge in [-0.15, -0.1) is 0 Å². The molecule has 0 bridgehead atoms. The van der Waals surface area contributed by atoms with Crippen molar-refractivity contribution in [3.8, 4) is 0 Å². The highest BCUT2D eigenvalue weighted by molar-refractivity contribution is 5.71. The molecule has 0 aliphatic heterocycles. The van der Waals surface area contributed by atoms with Crippen LogP contribution in [-0.4, -0.2) is 37.2 Å². The Morgan fingerprint density at radius 2 is 0.476 bits per heavy atom. The first-order chi connectivity index (χ1) is 40.5. The minimum Gasteiger partial charge on any atom is -0.462 e. The van der Waals surface area contributed by atoms with Gasteiger partial charge in [-0.3, -0.25) is 14.4 Å². The zero-order valence-corrected chi connectivity index (χ0v) is 54.0. The third kappa shape index (κ3) is 66.9. The Hall–Kier alpha value is -3.93. The van der Waals surface area contributed by atoms with Gasteiger partial charge in [-0.25, -0.2) is 0 Å². The Labute approximate surface area is 508 Å². The Bertz CT molecular complexity index is 1640. The van der Waals surface area contributed by atoms with E-state index in [1.54, 1.807) is 0 Å². The minimum atomic E-state index is -0.786. The monoisotopic (exact) mass is 1140 g/mol. The first kappa shape index (κ1) is 78.1. The summed E-state index contributed by atoms with van der Waals surface area (Å²) in [7, 11) is 0. The first-order valence-electron chi connectivity index (χ1n) is 34.9. The molecular weight excluding hydrogens is 1010 g/mol. The molecule has 0 heterocycles. The number of unbranched alkanes of at least 4 members (excludes halogenated alkanes) is 34. The van der Waals surface area contributed by atoms with Crippen molar-refractivity contribution >= 4 is 17.9 Å². The maximum absolute atomic E-state index is 12.9. The van der Waals surface area contributed by atoms with Crippen LogP contribution in [0.5, 0.6) is 0 Å². The molecule has 82 heavy (non-hydrogen) atoms. The average Bonchev–Trinajstić information content (AvgIpc) is 3.47. The highest BCUT2D eigenvalue weighted by atomic mass is 16.6. The molecule has 0 aromatic rings. The third-order valence-corrected chi connectivity index (χ3v) is 15.0. The molecule has 0 fully saturated rings. The summed E-state index contributed by atoms with van der Waals surface area (Å²) < 4.78 is 17.0. The highest BCUT2D eigenvalue weighted by Crippen LogP contribution is 2.17. The molecule has 0 N–H and O–H groups in total. The smallest absolute Gasteiger partial charge is 0.306 e. The molecular formula is C76H130O6. The predicted molar refractivity (Wildman–Crippen MR) is 357 cm³/mol. The molecule has 0 spiro atoms. The van der Waals surface area contributed by atoms with E-state index in [0.29, 0.717) is 19.3 Å². The number of carbonyl (C=O) groups excluding carboxylic acids is 3.